The minimum Gasteiger partial charge on any atom is -0.479 e. The summed E-state index contributed by atoms with van der Waals surface area (Å²) in [6, 6.07) is 1.55. The molecule has 0 aromatic carbocycles. The third-order valence-electron chi connectivity index (χ3n) is 2.36. The summed E-state index contributed by atoms with van der Waals surface area (Å²) >= 11 is 0. The Morgan fingerprint density at radius 2 is 2.44 bits per heavy atom. The Hall–Kier alpha value is -1.89. The lowest BCUT2D eigenvalue weighted by Gasteiger charge is -2.30. The normalized spacial score (nSPS) is 20.8. The lowest BCUT2D eigenvalue weighted by atomic mass is 10.2. The zero-order valence-electron chi connectivity index (χ0n) is 8.42. The van der Waals surface area contributed by atoms with E-state index in [9.17, 15) is 9.59 Å². The Bertz CT molecular complexity index is 389. The number of carbonyl (C=O) groups is 2. The van der Waals surface area contributed by atoms with Crippen molar-refractivity contribution in [2.45, 2.75) is 6.10 Å². The smallest absolute Gasteiger partial charge is 0.334 e. The summed E-state index contributed by atoms with van der Waals surface area (Å²) in [4.78, 5) is 24.0. The van der Waals surface area contributed by atoms with E-state index in [0.29, 0.717) is 12.2 Å². The molecule has 1 aliphatic heterocycles. The van der Waals surface area contributed by atoms with Gasteiger partial charge in [0, 0.05) is 12.7 Å². The molecule has 1 atom stereocenters. The van der Waals surface area contributed by atoms with Crippen molar-refractivity contribution in [2.75, 3.05) is 19.7 Å². The number of aromatic nitrogens is 2. The number of amides is 1. The highest BCUT2D eigenvalue weighted by atomic mass is 16.5. The minimum atomic E-state index is -1.05. The predicted molar refractivity (Wildman–Crippen MR) is 51.9 cm³/mol. The molecule has 0 spiro atoms. The molecule has 0 aliphatic carbocycles. The van der Waals surface area contributed by atoms with Crippen molar-refractivity contribution in [3.8, 4) is 0 Å². The average molecular weight is 225 g/mol. The Morgan fingerprint density at radius 1 is 1.62 bits per heavy atom. The molecule has 1 fully saturated rings. The van der Waals surface area contributed by atoms with Gasteiger partial charge < -0.3 is 14.7 Å². The van der Waals surface area contributed by atoms with Crippen molar-refractivity contribution >= 4 is 11.9 Å². The highest BCUT2D eigenvalue weighted by Gasteiger charge is 2.29. The highest BCUT2D eigenvalue weighted by molar-refractivity contribution is 5.92. The van der Waals surface area contributed by atoms with E-state index in [0.717, 1.165) is 0 Å². The number of H-pyrrole nitrogens is 1. The SMILES string of the molecule is O=C(O)C1CN(C(=O)c2ccn[nH]2)CCO1. The summed E-state index contributed by atoms with van der Waals surface area (Å²) in [5.41, 5.74) is 0.353. The second-order valence-electron chi connectivity index (χ2n) is 3.42. The van der Waals surface area contributed by atoms with Gasteiger partial charge in [0.25, 0.3) is 5.91 Å². The fourth-order valence-corrected chi connectivity index (χ4v) is 1.53. The van der Waals surface area contributed by atoms with Crippen LogP contribution in [0.3, 0.4) is 0 Å². The first-order valence-electron chi connectivity index (χ1n) is 4.81. The van der Waals surface area contributed by atoms with E-state index in [1.165, 1.54) is 11.1 Å². The van der Waals surface area contributed by atoms with Gasteiger partial charge in [-0.1, -0.05) is 0 Å². The molecule has 1 saturated heterocycles. The maximum absolute atomic E-state index is 11.8. The van der Waals surface area contributed by atoms with Gasteiger partial charge in [-0.2, -0.15) is 5.10 Å². The summed E-state index contributed by atoms with van der Waals surface area (Å²) in [5, 5.41) is 15.0. The third-order valence-corrected chi connectivity index (χ3v) is 2.36. The number of rotatable bonds is 2. The fraction of sp³-hybridized carbons (Fsp3) is 0.444. The molecule has 1 unspecified atom stereocenters. The Balaban J connectivity index is 2.05. The fourth-order valence-electron chi connectivity index (χ4n) is 1.53. The maximum atomic E-state index is 11.8. The van der Waals surface area contributed by atoms with Crippen molar-refractivity contribution in [1.82, 2.24) is 15.1 Å². The van der Waals surface area contributed by atoms with Crippen LogP contribution < -0.4 is 0 Å². The number of carbonyl (C=O) groups excluding carboxylic acids is 1. The van der Waals surface area contributed by atoms with Crippen molar-refractivity contribution in [3.63, 3.8) is 0 Å². The van der Waals surface area contributed by atoms with Gasteiger partial charge >= 0.3 is 5.97 Å². The lowest BCUT2D eigenvalue weighted by Crippen LogP contribution is -2.48. The van der Waals surface area contributed by atoms with E-state index in [1.54, 1.807) is 6.07 Å². The Morgan fingerprint density at radius 3 is 3.06 bits per heavy atom. The summed E-state index contributed by atoms with van der Waals surface area (Å²) < 4.78 is 5.02. The van der Waals surface area contributed by atoms with E-state index in [1.807, 2.05) is 0 Å². The van der Waals surface area contributed by atoms with Crippen LogP contribution in [0.1, 0.15) is 10.5 Å². The van der Waals surface area contributed by atoms with Crippen molar-refractivity contribution in [3.05, 3.63) is 18.0 Å². The molecular formula is C9H11N3O4. The Labute approximate surface area is 91.0 Å². The van der Waals surface area contributed by atoms with E-state index < -0.39 is 12.1 Å². The largest absolute Gasteiger partial charge is 0.479 e. The molecule has 0 bridgehead atoms. The van der Waals surface area contributed by atoms with Gasteiger partial charge in [-0.3, -0.25) is 9.89 Å². The van der Waals surface area contributed by atoms with Crippen LogP contribution in [0.5, 0.6) is 0 Å². The topological polar surface area (TPSA) is 95.5 Å². The second kappa shape index (κ2) is 4.31. The van der Waals surface area contributed by atoms with Crippen LogP contribution >= 0.6 is 0 Å². The average Bonchev–Trinajstić information content (AvgIpc) is 2.81. The highest BCUT2D eigenvalue weighted by Crippen LogP contribution is 2.09. The van der Waals surface area contributed by atoms with Crippen LogP contribution in [0.2, 0.25) is 0 Å². The summed E-state index contributed by atoms with van der Waals surface area (Å²) in [5.74, 6) is -1.31. The molecule has 7 nitrogen and oxygen atoms in total. The standard InChI is InChI=1S/C9H11N3O4/c13-8(6-1-2-10-11-6)12-3-4-16-7(5-12)9(14)15/h1-2,7H,3-5H2,(H,10,11)(H,14,15). The first-order valence-corrected chi connectivity index (χ1v) is 4.81. The van der Waals surface area contributed by atoms with Crippen molar-refractivity contribution < 1.29 is 19.4 Å². The molecule has 1 aliphatic rings. The van der Waals surface area contributed by atoms with E-state index in [4.69, 9.17) is 9.84 Å². The van der Waals surface area contributed by atoms with Gasteiger partial charge in [-0.25, -0.2) is 4.79 Å². The van der Waals surface area contributed by atoms with Gasteiger partial charge in [-0.05, 0) is 6.07 Å². The van der Waals surface area contributed by atoms with Gasteiger partial charge in [0.05, 0.1) is 13.2 Å². The predicted octanol–water partition coefficient (Wildman–Crippen LogP) is -0.665. The molecule has 1 aromatic rings. The third kappa shape index (κ3) is 2.03. The van der Waals surface area contributed by atoms with E-state index >= 15 is 0 Å². The number of hydrogen-bond donors (Lipinski definition) is 2. The van der Waals surface area contributed by atoms with Crippen LogP contribution in [0.15, 0.2) is 12.3 Å². The molecular weight excluding hydrogens is 214 g/mol. The number of aromatic amines is 1. The monoisotopic (exact) mass is 225 g/mol. The second-order valence-corrected chi connectivity index (χ2v) is 3.42. The number of ether oxygens (including phenoxy) is 1. The summed E-state index contributed by atoms with van der Waals surface area (Å²) in [6.07, 6.45) is 0.531. The minimum absolute atomic E-state index is 0.0627. The van der Waals surface area contributed by atoms with Crippen LogP contribution in [0.25, 0.3) is 0 Å². The number of carboxylic acids is 1. The van der Waals surface area contributed by atoms with Crippen molar-refractivity contribution in [1.29, 1.82) is 0 Å². The number of nitrogens with zero attached hydrogens (tertiary/aromatic N) is 2. The van der Waals surface area contributed by atoms with Crippen LogP contribution in [-0.4, -0.2) is 57.9 Å². The zero-order chi connectivity index (χ0) is 11.5. The van der Waals surface area contributed by atoms with Crippen LogP contribution in [-0.2, 0) is 9.53 Å². The molecule has 86 valence electrons. The molecule has 7 heteroatoms. The summed E-state index contributed by atoms with van der Waals surface area (Å²) in [6.45, 7) is 0.686. The van der Waals surface area contributed by atoms with Gasteiger partial charge in [0.15, 0.2) is 6.10 Å². The Kier molecular flexibility index (Phi) is 2.86. The van der Waals surface area contributed by atoms with Gasteiger partial charge in [-0.15, -0.1) is 0 Å². The number of hydrogen-bond acceptors (Lipinski definition) is 4. The molecule has 1 aromatic heterocycles. The molecule has 16 heavy (non-hydrogen) atoms. The van der Waals surface area contributed by atoms with E-state index in [-0.39, 0.29) is 19.1 Å². The van der Waals surface area contributed by atoms with E-state index in [2.05, 4.69) is 10.2 Å². The molecule has 2 rings (SSSR count). The number of aliphatic carboxylic acids is 1. The maximum Gasteiger partial charge on any atom is 0.334 e. The molecule has 2 heterocycles. The first kappa shape index (κ1) is 10.6. The molecule has 0 radical (unpaired) electrons. The van der Waals surface area contributed by atoms with Crippen molar-refractivity contribution in [2.24, 2.45) is 0 Å². The molecule has 2 N–H and O–H groups in total. The number of carboxylic acid groups (broad SMARTS) is 1. The number of nitrogens with one attached hydrogen (secondary N) is 1. The zero-order valence-corrected chi connectivity index (χ0v) is 8.42. The van der Waals surface area contributed by atoms with Crippen LogP contribution in [0.4, 0.5) is 0 Å². The molecule has 1 amide bonds. The number of morpholine rings is 1. The first-order chi connectivity index (χ1) is 7.68. The van der Waals surface area contributed by atoms with Crippen LogP contribution in [0, 0.1) is 0 Å². The summed E-state index contributed by atoms with van der Waals surface area (Å²) in [7, 11) is 0. The molecule has 0 saturated carbocycles. The van der Waals surface area contributed by atoms with Gasteiger partial charge in [0.2, 0.25) is 0 Å². The van der Waals surface area contributed by atoms with Gasteiger partial charge in [0.1, 0.15) is 5.69 Å². The lowest BCUT2D eigenvalue weighted by molar-refractivity contribution is -0.154. The quantitative estimate of drug-likeness (QED) is 0.696.